The first-order valence-electron chi connectivity index (χ1n) is 9.09. The van der Waals surface area contributed by atoms with E-state index in [1.165, 1.54) is 0 Å². The molecule has 0 aliphatic rings. The van der Waals surface area contributed by atoms with Crippen LogP contribution in [0.4, 0.5) is 5.69 Å². The maximum atomic E-state index is 12.4. The molecule has 0 atom stereocenters. The van der Waals surface area contributed by atoms with Gasteiger partial charge in [0.25, 0.3) is 0 Å². The molecule has 0 spiro atoms. The minimum atomic E-state index is -0.0148. The van der Waals surface area contributed by atoms with E-state index in [1.807, 2.05) is 84.0 Å². The molecule has 5 nitrogen and oxygen atoms in total. The van der Waals surface area contributed by atoms with Gasteiger partial charge in [-0.3, -0.25) is 4.79 Å². The Morgan fingerprint density at radius 2 is 2.00 bits per heavy atom. The van der Waals surface area contributed by atoms with Crippen molar-refractivity contribution >= 4 is 22.9 Å². The summed E-state index contributed by atoms with van der Waals surface area (Å²) in [7, 11) is 0. The van der Waals surface area contributed by atoms with Crippen molar-refractivity contribution < 1.29 is 4.79 Å². The summed E-state index contributed by atoms with van der Waals surface area (Å²) in [6.07, 6.45) is 4.82. The number of rotatable bonds is 6. The van der Waals surface area contributed by atoms with Gasteiger partial charge >= 0.3 is 0 Å². The smallest absolute Gasteiger partial charge is 0.224 e. The zero-order chi connectivity index (χ0) is 19.3. The number of aryl methyl sites for hydroxylation is 2. The van der Waals surface area contributed by atoms with Gasteiger partial charge in [0.15, 0.2) is 0 Å². The predicted molar refractivity (Wildman–Crippen MR) is 113 cm³/mol. The summed E-state index contributed by atoms with van der Waals surface area (Å²) < 4.78 is 1.83. The van der Waals surface area contributed by atoms with Crippen LogP contribution >= 0.6 is 11.3 Å². The molecule has 28 heavy (non-hydrogen) atoms. The number of aromatic nitrogens is 3. The number of nitrogens with zero attached hydrogens (tertiary/aromatic N) is 3. The lowest BCUT2D eigenvalue weighted by Crippen LogP contribution is -2.12. The first kappa shape index (κ1) is 18.1. The fourth-order valence-electron chi connectivity index (χ4n) is 2.94. The molecule has 0 saturated carbocycles. The molecule has 0 aliphatic heterocycles. The molecule has 0 bridgehead atoms. The van der Waals surface area contributed by atoms with E-state index in [4.69, 9.17) is 0 Å². The van der Waals surface area contributed by atoms with Crippen molar-refractivity contribution in [3.05, 3.63) is 82.9 Å². The quantitative estimate of drug-likeness (QED) is 0.512. The van der Waals surface area contributed by atoms with Crippen molar-refractivity contribution in [2.24, 2.45) is 0 Å². The second kappa shape index (κ2) is 8.19. The number of anilines is 1. The molecule has 140 valence electrons. The number of hydrogen-bond donors (Lipinski definition) is 1. The predicted octanol–water partition coefficient (Wildman–Crippen LogP) is 4.88. The zero-order valence-electron chi connectivity index (χ0n) is 15.5. The molecule has 1 N–H and O–H groups in total. The minimum Gasteiger partial charge on any atom is -0.326 e. The van der Waals surface area contributed by atoms with Gasteiger partial charge < -0.3 is 5.32 Å². The van der Waals surface area contributed by atoms with Gasteiger partial charge in [0.2, 0.25) is 5.91 Å². The van der Waals surface area contributed by atoms with E-state index < -0.39 is 0 Å². The third-order valence-corrected chi connectivity index (χ3v) is 5.13. The highest BCUT2D eigenvalue weighted by Gasteiger charge is 2.08. The molecule has 2 aromatic carbocycles. The molecule has 2 aromatic heterocycles. The van der Waals surface area contributed by atoms with Crippen LogP contribution in [0.25, 0.3) is 16.9 Å². The highest BCUT2D eigenvalue weighted by Crippen LogP contribution is 2.24. The molecular weight excluding hydrogens is 368 g/mol. The second-order valence-corrected chi connectivity index (χ2v) is 7.57. The van der Waals surface area contributed by atoms with Crippen LogP contribution in [0.1, 0.15) is 17.0 Å². The van der Waals surface area contributed by atoms with Gasteiger partial charge in [0.05, 0.1) is 22.6 Å². The number of thiazole rings is 1. The van der Waals surface area contributed by atoms with Crippen LogP contribution in [-0.4, -0.2) is 20.7 Å². The molecule has 0 saturated heterocycles. The first-order valence-corrected chi connectivity index (χ1v) is 9.97. The van der Waals surface area contributed by atoms with Crippen molar-refractivity contribution in [1.82, 2.24) is 14.8 Å². The van der Waals surface area contributed by atoms with Gasteiger partial charge in [-0.25, -0.2) is 9.67 Å². The number of para-hydroxylation sites is 1. The molecule has 0 radical (unpaired) electrons. The Labute approximate surface area is 167 Å². The van der Waals surface area contributed by atoms with E-state index >= 15 is 0 Å². The SMILES string of the molecule is Cc1nc(-c2cccc(NC(=O)CCc3cnn(-c4ccccc4)c3)c2)cs1. The molecule has 4 aromatic rings. The summed E-state index contributed by atoms with van der Waals surface area (Å²) in [6, 6.07) is 17.7. The van der Waals surface area contributed by atoms with Gasteiger partial charge in [0.1, 0.15) is 0 Å². The number of hydrogen-bond acceptors (Lipinski definition) is 4. The summed E-state index contributed by atoms with van der Waals surface area (Å²) in [5, 5.41) is 10.4. The van der Waals surface area contributed by atoms with Crippen molar-refractivity contribution in [3.8, 4) is 16.9 Å². The molecule has 4 rings (SSSR count). The second-order valence-electron chi connectivity index (χ2n) is 6.51. The average Bonchev–Trinajstić information content (AvgIpc) is 3.36. The lowest BCUT2D eigenvalue weighted by Gasteiger charge is -2.06. The third kappa shape index (κ3) is 4.35. The largest absolute Gasteiger partial charge is 0.326 e. The number of carbonyl (C=O) groups excluding carboxylic acids is 1. The topological polar surface area (TPSA) is 59.8 Å². The van der Waals surface area contributed by atoms with Crippen LogP contribution < -0.4 is 5.32 Å². The normalized spacial score (nSPS) is 10.8. The molecule has 1 amide bonds. The van der Waals surface area contributed by atoms with E-state index in [-0.39, 0.29) is 5.91 Å². The van der Waals surface area contributed by atoms with Crippen LogP contribution in [0.2, 0.25) is 0 Å². The van der Waals surface area contributed by atoms with Crippen LogP contribution in [0.3, 0.4) is 0 Å². The summed E-state index contributed by atoms with van der Waals surface area (Å²) in [6.45, 7) is 1.99. The number of carbonyl (C=O) groups is 1. The Balaban J connectivity index is 1.36. The standard InChI is InChI=1S/C22H20N4OS/c1-16-24-21(15-28-16)18-6-5-7-19(12-18)25-22(27)11-10-17-13-23-26(14-17)20-8-3-2-4-9-20/h2-9,12-15H,10-11H2,1H3,(H,25,27). The van der Waals surface area contributed by atoms with Crippen molar-refractivity contribution in [3.63, 3.8) is 0 Å². The fraction of sp³-hybridized carbons (Fsp3) is 0.136. The van der Waals surface area contributed by atoms with Crippen LogP contribution in [0.15, 0.2) is 72.4 Å². The Morgan fingerprint density at radius 1 is 1.14 bits per heavy atom. The van der Waals surface area contributed by atoms with Crippen molar-refractivity contribution in [1.29, 1.82) is 0 Å². The van der Waals surface area contributed by atoms with Crippen LogP contribution in [-0.2, 0) is 11.2 Å². The summed E-state index contributed by atoms with van der Waals surface area (Å²) in [4.78, 5) is 16.9. The van der Waals surface area contributed by atoms with Crippen molar-refractivity contribution in [2.75, 3.05) is 5.32 Å². The minimum absolute atomic E-state index is 0.0148. The van der Waals surface area contributed by atoms with Crippen LogP contribution in [0.5, 0.6) is 0 Å². The average molecular weight is 388 g/mol. The van der Waals surface area contributed by atoms with Crippen molar-refractivity contribution in [2.45, 2.75) is 19.8 Å². The fourth-order valence-corrected chi connectivity index (χ4v) is 3.57. The maximum absolute atomic E-state index is 12.4. The maximum Gasteiger partial charge on any atom is 0.224 e. The third-order valence-electron chi connectivity index (χ3n) is 4.36. The summed E-state index contributed by atoms with van der Waals surface area (Å²) in [5.74, 6) is -0.0148. The number of nitrogens with one attached hydrogen (secondary N) is 1. The Morgan fingerprint density at radius 3 is 2.79 bits per heavy atom. The first-order chi connectivity index (χ1) is 13.7. The monoisotopic (exact) mass is 388 g/mol. The van der Waals surface area contributed by atoms with Gasteiger partial charge in [-0.1, -0.05) is 30.3 Å². The van der Waals surface area contributed by atoms with E-state index in [2.05, 4.69) is 15.4 Å². The highest BCUT2D eigenvalue weighted by atomic mass is 32.1. The number of amides is 1. The van der Waals surface area contributed by atoms with Gasteiger partial charge in [0, 0.05) is 29.2 Å². The van der Waals surface area contributed by atoms with Crippen LogP contribution in [0, 0.1) is 6.92 Å². The van der Waals surface area contributed by atoms with E-state index in [0.29, 0.717) is 12.8 Å². The lowest BCUT2D eigenvalue weighted by molar-refractivity contribution is -0.116. The zero-order valence-corrected chi connectivity index (χ0v) is 16.3. The van der Waals surface area contributed by atoms with E-state index in [1.54, 1.807) is 11.3 Å². The Kier molecular flexibility index (Phi) is 5.30. The van der Waals surface area contributed by atoms with Gasteiger partial charge in [-0.15, -0.1) is 11.3 Å². The lowest BCUT2D eigenvalue weighted by atomic mass is 10.1. The molecule has 0 fully saturated rings. The van der Waals surface area contributed by atoms with E-state index in [0.717, 1.165) is 33.2 Å². The Hall–Kier alpha value is -3.25. The Bertz CT molecular complexity index is 1080. The van der Waals surface area contributed by atoms with E-state index in [9.17, 15) is 4.79 Å². The molecule has 0 aliphatic carbocycles. The highest BCUT2D eigenvalue weighted by molar-refractivity contribution is 7.09. The molecule has 6 heteroatoms. The molecular formula is C22H20N4OS. The molecule has 0 unspecified atom stereocenters. The molecule has 2 heterocycles. The summed E-state index contributed by atoms with van der Waals surface area (Å²) in [5.41, 5.74) is 4.77. The number of benzene rings is 2. The van der Waals surface area contributed by atoms with Gasteiger partial charge in [-0.05, 0) is 43.2 Å². The van der Waals surface area contributed by atoms with Gasteiger partial charge in [-0.2, -0.15) is 5.10 Å². The summed E-state index contributed by atoms with van der Waals surface area (Å²) >= 11 is 1.62.